The zero-order valence-corrected chi connectivity index (χ0v) is 9.06. The molecule has 1 rings (SSSR count). The minimum Gasteiger partial charge on any atom is -0.508 e. The van der Waals surface area contributed by atoms with Gasteiger partial charge in [-0.15, -0.1) is 0 Å². The monoisotopic (exact) mass is 246 g/mol. The number of phenols is 1. The largest absolute Gasteiger partial charge is 0.508 e. The van der Waals surface area contributed by atoms with Gasteiger partial charge in [-0.3, -0.25) is 0 Å². The maximum atomic E-state index is 12.4. The number of rotatable bonds is 4. The van der Waals surface area contributed by atoms with Crippen molar-refractivity contribution in [1.82, 2.24) is 0 Å². The molecule has 4 nitrogen and oxygen atoms in total. The van der Waals surface area contributed by atoms with Crippen molar-refractivity contribution in [2.75, 3.05) is 6.61 Å². The number of ether oxygens (including phenoxy) is 1. The summed E-state index contributed by atoms with van der Waals surface area (Å²) in [5.74, 6) is -1.43. The fourth-order valence-corrected chi connectivity index (χ4v) is 1.28. The molecule has 0 aromatic heterocycles. The summed E-state index contributed by atoms with van der Waals surface area (Å²) in [4.78, 5) is 11.2. The number of aliphatic hydroxyl groups is 1. The van der Waals surface area contributed by atoms with Gasteiger partial charge >= 0.3 is 5.97 Å². The van der Waals surface area contributed by atoms with Crippen molar-refractivity contribution in [2.24, 2.45) is 0 Å². The molecule has 0 aliphatic carbocycles. The molecule has 0 aliphatic heterocycles. The Bertz CT molecular complexity index is 406. The molecule has 94 valence electrons. The van der Waals surface area contributed by atoms with Crippen LogP contribution >= 0.6 is 0 Å². The second kappa shape index (κ2) is 5.58. The summed E-state index contributed by atoms with van der Waals surface area (Å²) in [6.07, 6.45) is -4.52. The lowest BCUT2D eigenvalue weighted by molar-refractivity contribution is -0.153. The van der Waals surface area contributed by atoms with Gasteiger partial charge in [0.25, 0.3) is 6.43 Å². The van der Waals surface area contributed by atoms with E-state index in [0.717, 1.165) is 18.2 Å². The zero-order valence-electron chi connectivity index (χ0n) is 9.06. The highest BCUT2D eigenvalue weighted by molar-refractivity contribution is 5.77. The van der Waals surface area contributed by atoms with Crippen LogP contribution in [0.15, 0.2) is 18.2 Å². The first kappa shape index (κ1) is 13.4. The Balaban J connectivity index is 3.03. The molecule has 1 aromatic carbocycles. The number of carbonyl (C=O) groups is 1. The molecular weight excluding hydrogens is 234 g/mol. The van der Waals surface area contributed by atoms with Crippen molar-refractivity contribution in [3.8, 4) is 5.75 Å². The van der Waals surface area contributed by atoms with E-state index in [1.807, 2.05) is 0 Å². The molecule has 0 saturated heterocycles. The van der Waals surface area contributed by atoms with E-state index in [1.165, 1.54) is 0 Å². The van der Waals surface area contributed by atoms with Crippen molar-refractivity contribution in [3.05, 3.63) is 29.3 Å². The Hall–Kier alpha value is -1.69. The molecule has 0 saturated carbocycles. The minimum absolute atomic E-state index is 0.0468. The van der Waals surface area contributed by atoms with Crippen molar-refractivity contribution < 1.29 is 28.5 Å². The SMILES string of the molecule is CCOC(=O)C(O)c1cc(C(F)F)ccc1O. The summed E-state index contributed by atoms with van der Waals surface area (Å²) >= 11 is 0. The number of alkyl halides is 2. The molecule has 1 unspecified atom stereocenters. The fourth-order valence-electron chi connectivity index (χ4n) is 1.28. The summed E-state index contributed by atoms with van der Waals surface area (Å²) in [6.45, 7) is 1.59. The molecule has 0 radical (unpaired) electrons. The van der Waals surface area contributed by atoms with Crippen LogP contribution < -0.4 is 0 Å². The third-order valence-corrected chi connectivity index (χ3v) is 2.11. The van der Waals surface area contributed by atoms with Gasteiger partial charge in [0.05, 0.1) is 6.61 Å². The van der Waals surface area contributed by atoms with Crippen LogP contribution in [0.5, 0.6) is 5.75 Å². The van der Waals surface area contributed by atoms with Crippen LogP contribution in [-0.2, 0) is 9.53 Å². The number of carbonyl (C=O) groups excluding carboxylic acids is 1. The average molecular weight is 246 g/mol. The normalized spacial score (nSPS) is 12.5. The lowest BCUT2D eigenvalue weighted by Crippen LogP contribution is -2.15. The lowest BCUT2D eigenvalue weighted by atomic mass is 10.0. The number of phenolic OH excluding ortho intramolecular Hbond substituents is 1. The van der Waals surface area contributed by atoms with E-state index in [-0.39, 0.29) is 17.7 Å². The quantitative estimate of drug-likeness (QED) is 0.796. The summed E-state index contributed by atoms with van der Waals surface area (Å²) < 4.78 is 29.3. The number of halogens is 2. The van der Waals surface area contributed by atoms with Crippen LogP contribution in [0.3, 0.4) is 0 Å². The summed E-state index contributed by atoms with van der Waals surface area (Å²) in [6, 6.07) is 2.89. The van der Waals surface area contributed by atoms with Crippen molar-refractivity contribution in [3.63, 3.8) is 0 Å². The van der Waals surface area contributed by atoms with E-state index in [4.69, 9.17) is 0 Å². The highest BCUT2D eigenvalue weighted by atomic mass is 19.3. The van der Waals surface area contributed by atoms with E-state index in [1.54, 1.807) is 6.92 Å². The van der Waals surface area contributed by atoms with Crippen molar-refractivity contribution in [1.29, 1.82) is 0 Å². The molecule has 1 atom stereocenters. The molecule has 0 amide bonds. The third kappa shape index (κ3) is 3.13. The van der Waals surface area contributed by atoms with Crippen molar-refractivity contribution in [2.45, 2.75) is 19.5 Å². The average Bonchev–Trinajstić information content (AvgIpc) is 2.28. The number of esters is 1. The van der Waals surface area contributed by atoms with Crippen LogP contribution in [0.4, 0.5) is 8.78 Å². The van der Waals surface area contributed by atoms with Gasteiger partial charge in [0, 0.05) is 11.1 Å². The molecular formula is C11H12F2O4. The standard InChI is InChI=1S/C11H12F2O4/c1-2-17-11(16)9(15)7-5-6(10(12)13)3-4-8(7)14/h3-5,9-10,14-15H,2H2,1H3. The predicted molar refractivity (Wildman–Crippen MR) is 54.7 cm³/mol. The smallest absolute Gasteiger partial charge is 0.339 e. The Kier molecular flexibility index (Phi) is 4.39. The van der Waals surface area contributed by atoms with Crippen LogP contribution in [0, 0.1) is 0 Å². The summed E-state index contributed by atoms with van der Waals surface area (Å²) in [5.41, 5.74) is -0.678. The van der Waals surface area contributed by atoms with Crippen molar-refractivity contribution >= 4 is 5.97 Å². The fraction of sp³-hybridized carbons (Fsp3) is 0.364. The van der Waals surface area contributed by atoms with E-state index in [9.17, 15) is 23.8 Å². The van der Waals surface area contributed by atoms with Crippen LogP contribution in [0.25, 0.3) is 0 Å². The van der Waals surface area contributed by atoms with Crippen LogP contribution in [0.1, 0.15) is 30.6 Å². The van der Waals surface area contributed by atoms with E-state index >= 15 is 0 Å². The third-order valence-electron chi connectivity index (χ3n) is 2.11. The van der Waals surface area contributed by atoms with Gasteiger partial charge in [0.2, 0.25) is 0 Å². The first-order chi connectivity index (χ1) is 7.97. The first-order valence-corrected chi connectivity index (χ1v) is 4.93. The van der Waals surface area contributed by atoms with Crippen LogP contribution in [0.2, 0.25) is 0 Å². The number of hydrogen-bond acceptors (Lipinski definition) is 4. The Morgan fingerprint density at radius 2 is 2.12 bits per heavy atom. The summed E-state index contributed by atoms with van der Waals surface area (Å²) in [5, 5.41) is 18.9. The lowest BCUT2D eigenvalue weighted by Gasteiger charge is -2.12. The molecule has 0 fully saturated rings. The Labute approximate surface area is 96.5 Å². The van der Waals surface area contributed by atoms with Gasteiger partial charge in [-0.25, -0.2) is 13.6 Å². The molecule has 6 heteroatoms. The number of aromatic hydroxyl groups is 1. The zero-order chi connectivity index (χ0) is 13.0. The Morgan fingerprint density at radius 1 is 1.47 bits per heavy atom. The van der Waals surface area contributed by atoms with Gasteiger partial charge in [0.15, 0.2) is 6.10 Å². The first-order valence-electron chi connectivity index (χ1n) is 4.93. The van der Waals surface area contributed by atoms with Crippen LogP contribution in [-0.4, -0.2) is 22.8 Å². The molecule has 0 aliphatic rings. The molecule has 0 bridgehead atoms. The molecule has 17 heavy (non-hydrogen) atoms. The topological polar surface area (TPSA) is 66.8 Å². The van der Waals surface area contributed by atoms with Gasteiger partial charge in [0.1, 0.15) is 5.75 Å². The van der Waals surface area contributed by atoms with E-state index in [2.05, 4.69) is 4.74 Å². The van der Waals surface area contributed by atoms with Gasteiger partial charge in [-0.2, -0.15) is 0 Å². The maximum absolute atomic E-state index is 12.4. The Morgan fingerprint density at radius 3 is 2.65 bits per heavy atom. The molecule has 1 aromatic rings. The second-order valence-corrected chi connectivity index (χ2v) is 3.27. The highest BCUT2D eigenvalue weighted by Gasteiger charge is 2.23. The number of aliphatic hydroxyl groups excluding tert-OH is 1. The predicted octanol–water partition coefficient (Wildman–Crippen LogP) is 1.93. The van der Waals surface area contributed by atoms with Gasteiger partial charge in [-0.1, -0.05) is 0 Å². The molecule has 2 N–H and O–H groups in total. The van der Waals surface area contributed by atoms with Gasteiger partial charge < -0.3 is 14.9 Å². The van der Waals surface area contributed by atoms with E-state index in [0.29, 0.717) is 0 Å². The molecule has 0 spiro atoms. The van der Waals surface area contributed by atoms with Gasteiger partial charge in [-0.05, 0) is 25.1 Å². The molecule has 0 heterocycles. The number of benzene rings is 1. The highest BCUT2D eigenvalue weighted by Crippen LogP contribution is 2.30. The second-order valence-electron chi connectivity index (χ2n) is 3.27. The minimum atomic E-state index is -2.75. The maximum Gasteiger partial charge on any atom is 0.339 e. The van der Waals surface area contributed by atoms with E-state index < -0.39 is 24.2 Å². The number of hydrogen-bond donors (Lipinski definition) is 2. The summed E-state index contributed by atoms with van der Waals surface area (Å²) in [7, 11) is 0.